The van der Waals surface area contributed by atoms with Gasteiger partial charge >= 0.3 is 5.97 Å². The summed E-state index contributed by atoms with van der Waals surface area (Å²) in [5.41, 5.74) is 1.58. The van der Waals surface area contributed by atoms with Crippen LogP contribution in [0.15, 0.2) is 48.5 Å². The van der Waals surface area contributed by atoms with Gasteiger partial charge in [-0.15, -0.1) is 0 Å². The van der Waals surface area contributed by atoms with Gasteiger partial charge in [0.1, 0.15) is 25.0 Å². The van der Waals surface area contributed by atoms with Crippen LogP contribution >= 0.6 is 11.6 Å². The Hall–Kier alpha value is -2.53. The van der Waals surface area contributed by atoms with Crippen LogP contribution < -0.4 is 10.1 Å². The van der Waals surface area contributed by atoms with Crippen molar-refractivity contribution in [2.45, 2.75) is 33.2 Å². The summed E-state index contributed by atoms with van der Waals surface area (Å²) >= 11 is 5.85. The van der Waals surface area contributed by atoms with Crippen molar-refractivity contribution in [1.82, 2.24) is 5.32 Å². The fourth-order valence-electron chi connectivity index (χ4n) is 2.57. The van der Waals surface area contributed by atoms with Crippen molar-refractivity contribution in [2.75, 3.05) is 13.2 Å². The smallest absolute Gasteiger partial charge is 0.328 e. The van der Waals surface area contributed by atoms with E-state index in [1.54, 1.807) is 24.3 Å². The number of rotatable bonds is 9. The van der Waals surface area contributed by atoms with E-state index in [2.05, 4.69) is 5.32 Å². The summed E-state index contributed by atoms with van der Waals surface area (Å²) in [6.45, 7) is 6.32. The Balaban J connectivity index is 1.86. The van der Waals surface area contributed by atoms with Crippen LogP contribution in [-0.4, -0.2) is 31.1 Å². The first-order chi connectivity index (χ1) is 13.3. The summed E-state index contributed by atoms with van der Waals surface area (Å²) in [6.07, 6.45) is 0.483. The summed E-state index contributed by atoms with van der Waals surface area (Å²) < 4.78 is 10.9. The molecule has 0 heterocycles. The number of hydrogen-bond donors (Lipinski definition) is 1. The van der Waals surface area contributed by atoms with E-state index in [-0.39, 0.29) is 25.0 Å². The Bertz CT molecular complexity index is 772. The Kier molecular flexibility index (Phi) is 8.33. The van der Waals surface area contributed by atoms with Gasteiger partial charge in [-0.3, -0.25) is 4.79 Å². The molecule has 0 spiro atoms. The van der Waals surface area contributed by atoms with Crippen molar-refractivity contribution >= 4 is 23.5 Å². The van der Waals surface area contributed by atoms with Crippen LogP contribution in [0.1, 0.15) is 36.2 Å². The van der Waals surface area contributed by atoms with Crippen LogP contribution in [0.2, 0.25) is 5.02 Å². The molecule has 2 rings (SSSR count). The monoisotopic (exact) mass is 403 g/mol. The summed E-state index contributed by atoms with van der Waals surface area (Å²) in [5, 5.41) is 3.30. The Labute approximate surface area is 171 Å². The summed E-state index contributed by atoms with van der Waals surface area (Å²) in [5.74, 6) is 0.127. The Morgan fingerprint density at radius 3 is 2.25 bits per heavy atom. The highest BCUT2D eigenvalue weighted by atomic mass is 35.5. The quantitative estimate of drug-likeness (QED) is 0.497. The van der Waals surface area contributed by atoms with E-state index in [1.165, 1.54) is 0 Å². The highest BCUT2D eigenvalue weighted by molar-refractivity contribution is 6.30. The fraction of sp³-hybridized carbons (Fsp3) is 0.364. The molecule has 1 N–H and O–H groups in total. The molecule has 0 bridgehead atoms. The topological polar surface area (TPSA) is 64.6 Å². The van der Waals surface area contributed by atoms with E-state index in [4.69, 9.17) is 21.1 Å². The molecular formula is C22H26ClNO4. The molecule has 5 nitrogen and oxygen atoms in total. The number of amides is 1. The van der Waals surface area contributed by atoms with E-state index in [0.29, 0.717) is 17.0 Å². The van der Waals surface area contributed by atoms with E-state index in [9.17, 15) is 9.59 Å². The van der Waals surface area contributed by atoms with Gasteiger partial charge in [0.15, 0.2) is 0 Å². The van der Waals surface area contributed by atoms with Crippen LogP contribution in [-0.2, 0) is 9.53 Å². The molecule has 0 fully saturated rings. The zero-order valence-corrected chi connectivity index (χ0v) is 17.2. The van der Waals surface area contributed by atoms with E-state index < -0.39 is 12.0 Å². The number of esters is 1. The van der Waals surface area contributed by atoms with E-state index in [0.717, 1.165) is 11.3 Å². The Morgan fingerprint density at radius 1 is 1.00 bits per heavy atom. The molecule has 0 saturated carbocycles. The van der Waals surface area contributed by atoms with Gasteiger partial charge in [0.25, 0.3) is 5.91 Å². The molecule has 1 amide bonds. The molecule has 6 heteroatoms. The predicted octanol–water partition coefficient (Wildman–Crippen LogP) is 4.42. The number of ether oxygens (including phenoxy) is 2. The number of aryl methyl sites for hydroxylation is 1. The van der Waals surface area contributed by atoms with Gasteiger partial charge in [-0.05, 0) is 55.7 Å². The first-order valence-corrected chi connectivity index (χ1v) is 9.65. The molecule has 2 aromatic carbocycles. The van der Waals surface area contributed by atoms with Crippen LogP contribution in [0.5, 0.6) is 5.75 Å². The molecule has 2 aromatic rings. The van der Waals surface area contributed by atoms with Crippen molar-refractivity contribution in [3.8, 4) is 5.75 Å². The highest BCUT2D eigenvalue weighted by Crippen LogP contribution is 2.13. The van der Waals surface area contributed by atoms with Crippen LogP contribution in [0.25, 0.3) is 0 Å². The Morgan fingerprint density at radius 2 is 1.64 bits per heavy atom. The van der Waals surface area contributed by atoms with Crippen molar-refractivity contribution in [3.05, 3.63) is 64.7 Å². The molecule has 0 aliphatic carbocycles. The first-order valence-electron chi connectivity index (χ1n) is 9.27. The van der Waals surface area contributed by atoms with Gasteiger partial charge in [-0.2, -0.15) is 0 Å². The molecule has 0 unspecified atom stereocenters. The lowest BCUT2D eigenvalue weighted by Gasteiger charge is -2.19. The molecule has 0 saturated heterocycles. The van der Waals surface area contributed by atoms with Gasteiger partial charge in [0, 0.05) is 10.6 Å². The minimum Gasteiger partial charge on any atom is -0.490 e. The molecule has 150 valence electrons. The number of hydrogen-bond acceptors (Lipinski definition) is 4. The third-order valence-corrected chi connectivity index (χ3v) is 4.27. The minimum absolute atomic E-state index is 0.109. The average Bonchev–Trinajstić information content (AvgIpc) is 2.66. The molecule has 0 aromatic heterocycles. The predicted molar refractivity (Wildman–Crippen MR) is 110 cm³/mol. The van der Waals surface area contributed by atoms with Gasteiger partial charge < -0.3 is 14.8 Å². The largest absolute Gasteiger partial charge is 0.490 e. The van der Waals surface area contributed by atoms with Gasteiger partial charge in [0.05, 0.1) is 0 Å². The van der Waals surface area contributed by atoms with Crippen LogP contribution in [0.3, 0.4) is 0 Å². The molecule has 0 aliphatic rings. The standard InChI is InChI=1S/C22H26ClNO4/c1-15(2)14-20(24-21(25)17-6-8-18(23)9-7-17)22(26)28-13-12-27-19-10-4-16(3)5-11-19/h4-11,15,20H,12-14H2,1-3H3,(H,24,25)/t20-/m0/s1. The molecule has 1 atom stereocenters. The van der Waals surface area contributed by atoms with Crippen molar-refractivity contribution in [2.24, 2.45) is 5.92 Å². The minimum atomic E-state index is -0.720. The highest BCUT2D eigenvalue weighted by Gasteiger charge is 2.24. The van der Waals surface area contributed by atoms with Gasteiger partial charge in [-0.1, -0.05) is 43.1 Å². The second-order valence-electron chi connectivity index (χ2n) is 6.99. The number of halogens is 1. The lowest BCUT2D eigenvalue weighted by Crippen LogP contribution is -2.43. The van der Waals surface area contributed by atoms with Crippen LogP contribution in [0.4, 0.5) is 0 Å². The van der Waals surface area contributed by atoms with Gasteiger partial charge in [0.2, 0.25) is 0 Å². The van der Waals surface area contributed by atoms with E-state index in [1.807, 2.05) is 45.0 Å². The van der Waals surface area contributed by atoms with Gasteiger partial charge in [-0.25, -0.2) is 4.79 Å². The summed E-state index contributed by atoms with van der Waals surface area (Å²) in [7, 11) is 0. The lowest BCUT2D eigenvalue weighted by molar-refractivity contribution is -0.147. The maximum Gasteiger partial charge on any atom is 0.328 e. The third kappa shape index (κ3) is 7.24. The summed E-state index contributed by atoms with van der Waals surface area (Å²) in [6, 6.07) is 13.4. The van der Waals surface area contributed by atoms with Crippen molar-refractivity contribution in [3.63, 3.8) is 0 Å². The second kappa shape index (κ2) is 10.7. The summed E-state index contributed by atoms with van der Waals surface area (Å²) in [4.78, 5) is 24.9. The van der Waals surface area contributed by atoms with Crippen molar-refractivity contribution in [1.29, 1.82) is 0 Å². The molecule has 28 heavy (non-hydrogen) atoms. The first kappa shape index (κ1) is 21.8. The zero-order chi connectivity index (χ0) is 20.5. The fourth-order valence-corrected chi connectivity index (χ4v) is 2.69. The van der Waals surface area contributed by atoms with E-state index >= 15 is 0 Å². The van der Waals surface area contributed by atoms with Crippen molar-refractivity contribution < 1.29 is 19.1 Å². The maximum absolute atomic E-state index is 12.4. The number of carbonyl (C=O) groups is 2. The second-order valence-corrected chi connectivity index (χ2v) is 7.43. The third-order valence-electron chi connectivity index (χ3n) is 4.02. The van der Waals surface area contributed by atoms with Crippen LogP contribution in [0, 0.1) is 12.8 Å². The normalized spacial score (nSPS) is 11.8. The lowest BCUT2D eigenvalue weighted by atomic mass is 10.0. The molecular weight excluding hydrogens is 378 g/mol. The molecule has 0 aliphatic heterocycles. The SMILES string of the molecule is Cc1ccc(OCCOC(=O)[C@H](CC(C)C)NC(=O)c2ccc(Cl)cc2)cc1. The number of carbonyl (C=O) groups excluding carboxylic acids is 2. The number of nitrogens with one attached hydrogen (secondary N) is 1. The average molecular weight is 404 g/mol. The zero-order valence-electron chi connectivity index (χ0n) is 16.4. The number of benzene rings is 2. The molecule has 0 radical (unpaired) electrons. The maximum atomic E-state index is 12.4.